The quantitative estimate of drug-likeness (QED) is 0.489. The molecule has 0 aromatic heterocycles. The van der Waals surface area contributed by atoms with Gasteiger partial charge in [0, 0.05) is 10.0 Å². The molecule has 0 heterocycles. The SMILES string of the molecule is NNC(c1ccc(Br)c(Cl)c1F)C1C2CCCCC21. The Morgan fingerprint density at radius 2 is 1.95 bits per heavy atom. The van der Waals surface area contributed by atoms with Crippen LogP contribution in [-0.4, -0.2) is 0 Å². The van der Waals surface area contributed by atoms with Gasteiger partial charge in [-0.1, -0.05) is 30.5 Å². The van der Waals surface area contributed by atoms with Crippen LogP contribution in [0.25, 0.3) is 0 Å². The van der Waals surface area contributed by atoms with Crippen LogP contribution in [0.1, 0.15) is 37.3 Å². The number of fused-ring (bicyclic) bond motifs is 1. The summed E-state index contributed by atoms with van der Waals surface area (Å²) in [6.07, 6.45) is 5.08. The molecule has 3 unspecified atom stereocenters. The third-order valence-electron chi connectivity index (χ3n) is 4.69. The van der Waals surface area contributed by atoms with Crippen LogP contribution >= 0.6 is 27.5 Å². The lowest BCUT2D eigenvalue weighted by atomic mass is 10.00. The van der Waals surface area contributed by atoms with Crippen molar-refractivity contribution >= 4 is 27.5 Å². The fourth-order valence-corrected chi connectivity index (χ4v) is 4.21. The van der Waals surface area contributed by atoms with Gasteiger partial charge in [-0.25, -0.2) is 4.39 Å². The lowest BCUT2D eigenvalue weighted by Gasteiger charge is -2.18. The molecule has 3 N–H and O–H groups in total. The molecular weight excluding hydrogens is 331 g/mol. The van der Waals surface area contributed by atoms with E-state index in [1.807, 2.05) is 0 Å². The summed E-state index contributed by atoms with van der Waals surface area (Å²) < 4.78 is 14.9. The Morgan fingerprint density at radius 1 is 1.32 bits per heavy atom. The Bertz CT molecular complexity index is 485. The van der Waals surface area contributed by atoms with Crippen molar-refractivity contribution < 1.29 is 4.39 Å². The molecule has 1 aromatic carbocycles. The summed E-state index contributed by atoms with van der Waals surface area (Å²) in [7, 11) is 0. The van der Waals surface area contributed by atoms with Gasteiger partial charge in [0.25, 0.3) is 0 Å². The molecule has 2 saturated carbocycles. The molecule has 1 aromatic rings. The maximum absolute atomic E-state index is 14.3. The highest BCUT2D eigenvalue weighted by molar-refractivity contribution is 9.10. The topological polar surface area (TPSA) is 38.0 Å². The Kier molecular flexibility index (Phi) is 3.87. The highest BCUT2D eigenvalue weighted by Crippen LogP contribution is 2.60. The van der Waals surface area contributed by atoms with E-state index in [1.54, 1.807) is 12.1 Å². The van der Waals surface area contributed by atoms with Gasteiger partial charge in [0.05, 0.1) is 11.1 Å². The van der Waals surface area contributed by atoms with Crippen molar-refractivity contribution in [1.82, 2.24) is 5.43 Å². The summed E-state index contributed by atoms with van der Waals surface area (Å²) in [5.41, 5.74) is 3.40. The normalized spacial score (nSPS) is 30.8. The standard InChI is InChI=1S/C14H17BrClFN2/c15-10-6-5-9(13(17)12(10)16)14(19-18)11-7-3-1-2-4-8(7)11/h5-8,11,14,19H,1-4,18H2. The fraction of sp³-hybridized carbons (Fsp3) is 0.571. The van der Waals surface area contributed by atoms with E-state index in [9.17, 15) is 4.39 Å². The average Bonchev–Trinajstić information content (AvgIpc) is 3.14. The van der Waals surface area contributed by atoms with Crippen molar-refractivity contribution in [3.8, 4) is 0 Å². The zero-order valence-corrected chi connectivity index (χ0v) is 12.8. The van der Waals surface area contributed by atoms with Crippen molar-refractivity contribution in [3.63, 3.8) is 0 Å². The van der Waals surface area contributed by atoms with Crippen LogP contribution in [0.5, 0.6) is 0 Å². The highest BCUT2D eigenvalue weighted by atomic mass is 79.9. The van der Waals surface area contributed by atoms with E-state index in [-0.39, 0.29) is 16.9 Å². The first-order valence-electron chi connectivity index (χ1n) is 6.74. The van der Waals surface area contributed by atoms with Gasteiger partial charge >= 0.3 is 0 Å². The first-order chi connectivity index (χ1) is 9.15. The van der Waals surface area contributed by atoms with Crippen molar-refractivity contribution in [2.75, 3.05) is 0 Å². The zero-order chi connectivity index (χ0) is 13.6. The number of rotatable bonds is 3. The molecule has 3 atom stereocenters. The average molecular weight is 348 g/mol. The number of nitrogens with two attached hydrogens (primary N) is 1. The number of hydrogen-bond acceptors (Lipinski definition) is 2. The van der Waals surface area contributed by atoms with Crippen molar-refractivity contribution in [3.05, 3.63) is 33.0 Å². The van der Waals surface area contributed by atoms with Gasteiger partial charge in [-0.2, -0.15) is 0 Å². The molecule has 0 radical (unpaired) electrons. The molecule has 104 valence electrons. The molecule has 2 aliphatic carbocycles. The second kappa shape index (κ2) is 5.32. The molecule has 0 spiro atoms. The Hall–Kier alpha value is -0.160. The minimum Gasteiger partial charge on any atom is -0.271 e. The summed E-state index contributed by atoms with van der Waals surface area (Å²) in [6, 6.07) is 3.44. The Labute approximate surface area is 126 Å². The molecule has 0 aliphatic heterocycles. The van der Waals surface area contributed by atoms with Gasteiger partial charge in [-0.3, -0.25) is 11.3 Å². The molecule has 0 amide bonds. The minimum atomic E-state index is -0.359. The van der Waals surface area contributed by atoms with Gasteiger partial charge in [-0.05, 0) is 52.6 Å². The van der Waals surface area contributed by atoms with E-state index in [1.165, 1.54) is 25.7 Å². The summed E-state index contributed by atoms with van der Waals surface area (Å²) in [4.78, 5) is 0. The smallest absolute Gasteiger partial charge is 0.147 e. The predicted octanol–water partition coefficient (Wildman–Crippen LogP) is 4.18. The molecular formula is C14H17BrClFN2. The van der Waals surface area contributed by atoms with E-state index >= 15 is 0 Å². The van der Waals surface area contributed by atoms with E-state index in [0.29, 0.717) is 27.8 Å². The number of hydrazine groups is 1. The molecule has 19 heavy (non-hydrogen) atoms. The second-order valence-corrected chi connectivity index (χ2v) is 6.83. The summed E-state index contributed by atoms with van der Waals surface area (Å²) >= 11 is 9.21. The van der Waals surface area contributed by atoms with Gasteiger partial charge in [0.1, 0.15) is 5.82 Å². The third-order valence-corrected chi connectivity index (χ3v) is 5.95. The summed E-state index contributed by atoms with van der Waals surface area (Å²) in [5, 5.41) is 0.140. The molecule has 0 saturated heterocycles. The maximum atomic E-state index is 14.3. The Morgan fingerprint density at radius 3 is 2.53 bits per heavy atom. The molecule has 2 fully saturated rings. The van der Waals surface area contributed by atoms with Crippen LogP contribution in [0.4, 0.5) is 4.39 Å². The number of benzene rings is 1. The molecule has 3 rings (SSSR count). The largest absolute Gasteiger partial charge is 0.271 e. The summed E-state index contributed by atoms with van der Waals surface area (Å²) in [5.74, 6) is 7.19. The van der Waals surface area contributed by atoms with Crippen LogP contribution in [0.15, 0.2) is 16.6 Å². The molecule has 0 bridgehead atoms. The fourth-order valence-electron chi connectivity index (χ4n) is 3.73. The van der Waals surface area contributed by atoms with Crippen LogP contribution in [0.3, 0.4) is 0 Å². The lowest BCUT2D eigenvalue weighted by molar-refractivity contribution is 0.436. The van der Waals surface area contributed by atoms with Crippen LogP contribution in [-0.2, 0) is 0 Å². The van der Waals surface area contributed by atoms with Crippen LogP contribution < -0.4 is 11.3 Å². The van der Waals surface area contributed by atoms with Crippen LogP contribution in [0, 0.1) is 23.6 Å². The van der Waals surface area contributed by atoms with E-state index in [4.69, 9.17) is 17.4 Å². The summed E-state index contributed by atoms with van der Waals surface area (Å²) in [6.45, 7) is 0. The van der Waals surface area contributed by atoms with Crippen LogP contribution in [0.2, 0.25) is 5.02 Å². The van der Waals surface area contributed by atoms with E-state index in [2.05, 4.69) is 21.4 Å². The second-order valence-electron chi connectivity index (χ2n) is 5.60. The maximum Gasteiger partial charge on any atom is 0.147 e. The lowest BCUT2D eigenvalue weighted by Crippen LogP contribution is -2.31. The number of hydrogen-bond donors (Lipinski definition) is 2. The predicted molar refractivity (Wildman–Crippen MR) is 78.1 cm³/mol. The Balaban J connectivity index is 1.89. The third kappa shape index (κ3) is 2.33. The molecule has 2 aliphatic rings. The first kappa shape index (κ1) is 13.8. The number of halogens is 3. The van der Waals surface area contributed by atoms with Gasteiger partial charge in [0.2, 0.25) is 0 Å². The highest BCUT2D eigenvalue weighted by Gasteiger charge is 2.54. The number of nitrogens with one attached hydrogen (secondary N) is 1. The van der Waals surface area contributed by atoms with Crippen molar-refractivity contribution in [1.29, 1.82) is 0 Å². The van der Waals surface area contributed by atoms with Gasteiger partial charge in [-0.15, -0.1) is 0 Å². The molecule has 2 nitrogen and oxygen atoms in total. The minimum absolute atomic E-state index is 0.126. The zero-order valence-electron chi connectivity index (χ0n) is 10.5. The molecule has 5 heteroatoms. The first-order valence-corrected chi connectivity index (χ1v) is 7.91. The monoisotopic (exact) mass is 346 g/mol. The van der Waals surface area contributed by atoms with Gasteiger partial charge < -0.3 is 0 Å². The van der Waals surface area contributed by atoms with Crippen molar-refractivity contribution in [2.24, 2.45) is 23.6 Å². The van der Waals surface area contributed by atoms with Gasteiger partial charge in [0.15, 0.2) is 0 Å². The van der Waals surface area contributed by atoms with E-state index in [0.717, 1.165) is 0 Å². The van der Waals surface area contributed by atoms with E-state index < -0.39 is 0 Å². The van der Waals surface area contributed by atoms with Crippen molar-refractivity contribution in [2.45, 2.75) is 31.7 Å².